The molecule has 1 aliphatic rings. The highest BCUT2D eigenvalue weighted by molar-refractivity contribution is 6.38. The maximum atomic E-state index is 2.60. The van der Waals surface area contributed by atoms with Gasteiger partial charge in [-0.05, 0) is 79.6 Å². The highest BCUT2D eigenvalue weighted by Gasteiger charge is 2.24. The lowest BCUT2D eigenvalue weighted by Gasteiger charge is -2.20. The fraction of sp³-hybridized carbons (Fsp3) is 0.0400. The van der Waals surface area contributed by atoms with Crippen molar-refractivity contribution in [2.24, 2.45) is 0 Å². The number of rotatable bonds is 3. The van der Waals surface area contributed by atoms with Gasteiger partial charge in [-0.2, -0.15) is 0 Å². The van der Waals surface area contributed by atoms with Crippen LogP contribution in [0, 0.1) is 0 Å². The number of para-hydroxylation sites is 1. The third kappa shape index (κ3) is 4.03. The zero-order valence-electron chi connectivity index (χ0n) is 28.1. The SMILES string of the molecule is C1=CC(c2cc3c4ccccc4c4c(c5ccccc5n4-c4c5ccccc5c(-c5ccccc5)c5ccccc45)c3c3ccccc23)=CCC1. The highest BCUT2D eigenvalue weighted by atomic mass is 15.0. The lowest BCUT2D eigenvalue weighted by Crippen LogP contribution is -2.00. The van der Waals surface area contributed by atoms with Gasteiger partial charge in [-0.15, -0.1) is 0 Å². The minimum absolute atomic E-state index is 1.08. The molecule has 10 aromatic rings. The molecule has 1 heterocycles. The summed E-state index contributed by atoms with van der Waals surface area (Å²) < 4.78 is 2.60. The number of allylic oxidation sites excluding steroid dienone is 4. The van der Waals surface area contributed by atoms with Gasteiger partial charge in [0.1, 0.15) is 0 Å². The van der Waals surface area contributed by atoms with E-state index in [-0.39, 0.29) is 0 Å². The number of fused-ring (bicyclic) bond motifs is 12. The Morgan fingerprint density at radius 3 is 1.67 bits per heavy atom. The number of benzene rings is 9. The summed E-state index contributed by atoms with van der Waals surface area (Å²) in [6.45, 7) is 0. The Labute approximate surface area is 296 Å². The van der Waals surface area contributed by atoms with E-state index in [1.165, 1.54) is 104 Å². The van der Waals surface area contributed by atoms with Crippen molar-refractivity contribution < 1.29 is 0 Å². The van der Waals surface area contributed by atoms with Gasteiger partial charge in [0.25, 0.3) is 0 Å². The van der Waals surface area contributed by atoms with Gasteiger partial charge in [0.15, 0.2) is 0 Å². The molecule has 51 heavy (non-hydrogen) atoms. The smallest absolute Gasteiger partial charge is 0.0626 e. The molecule has 0 saturated carbocycles. The Bertz CT molecular complexity index is 3060. The Morgan fingerprint density at radius 2 is 0.980 bits per heavy atom. The quantitative estimate of drug-likeness (QED) is 0.133. The molecule has 1 aromatic heterocycles. The van der Waals surface area contributed by atoms with Crippen molar-refractivity contribution in [2.45, 2.75) is 12.8 Å². The summed E-state index contributed by atoms with van der Waals surface area (Å²) in [7, 11) is 0. The van der Waals surface area contributed by atoms with Crippen molar-refractivity contribution in [1.82, 2.24) is 4.57 Å². The maximum absolute atomic E-state index is 2.60. The van der Waals surface area contributed by atoms with Crippen molar-refractivity contribution in [3.05, 3.63) is 182 Å². The van der Waals surface area contributed by atoms with Crippen molar-refractivity contribution in [3.8, 4) is 16.8 Å². The second-order valence-corrected chi connectivity index (χ2v) is 13.8. The third-order valence-corrected chi connectivity index (χ3v) is 11.1. The van der Waals surface area contributed by atoms with E-state index in [2.05, 4.69) is 181 Å². The van der Waals surface area contributed by atoms with E-state index < -0.39 is 0 Å². The van der Waals surface area contributed by atoms with Gasteiger partial charge < -0.3 is 4.57 Å². The van der Waals surface area contributed by atoms with Gasteiger partial charge in [-0.1, -0.05) is 164 Å². The van der Waals surface area contributed by atoms with Crippen molar-refractivity contribution in [3.63, 3.8) is 0 Å². The van der Waals surface area contributed by atoms with Gasteiger partial charge in [-0.25, -0.2) is 0 Å². The average molecular weight is 648 g/mol. The summed E-state index contributed by atoms with van der Waals surface area (Å²) in [5.74, 6) is 0. The third-order valence-electron chi connectivity index (χ3n) is 11.1. The molecule has 0 bridgehead atoms. The van der Waals surface area contributed by atoms with Gasteiger partial charge in [-0.3, -0.25) is 0 Å². The number of hydrogen-bond acceptors (Lipinski definition) is 0. The summed E-state index contributed by atoms with van der Waals surface area (Å²) in [6.07, 6.45) is 9.24. The molecule has 0 saturated heterocycles. The molecule has 0 fully saturated rings. The largest absolute Gasteiger partial charge is 0.307 e. The van der Waals surface area contributed by atoms with Crippen molar-refractivity contribution in [1.29, 1.82) is 0 Å². The number of nitrogens with zero attached hydrogens (tertiary/aromatic N) is 1. The molecule has 0 atom stereocenters. The lowest BCUT2D eigenvalue weighted by atomic mass is 9.87. The van der Waals surface area contributed by atoms with E-state index in [1.807, 2.05) is 0 Å². The highest BCUT2D eigenvalue weighted by Crippen LogP contribution is 2.49. The van der Waals surface area contributed by atoms with Crippen LogP contribution in [0.15, 0.2) is 176 Å². The van der Waals surface area contributed by atoms with Crippen LogP contribution < -0.4 is 0 Å². The number of aromatic nitrogens is 1. The molecule has 238 valence electrons. The van der Waals surface area contributed by atoms with Crippen LogP contribution in [-0.2, 0) is 0 Å². The molecule has 0 unspecified atom stereocenters. The fourth-order valence-corrected chi connectivity index (χ4v) is 9.08. The van der Waals surface area contributed by atoms with E-state index in [0.717, 1.165) is 12.8 Å². The second-order valence-electron chi connectivity index (χ2n) is 13.8. The minimum atomic E-state index is 1.08. The fourth-order valence-electron chi connectivity index (χ4n) is 9.08. The summed E-state index contributed by atoms with van der Waals surface area (Å²) in [6, 6.07) is 58.6. The van der Waals surface area contributed by atoms with Gasteiger partial charge in [0.2, 0.25) is 0 Å². The molecule has 11 rings (SSSR count). The minimum Gasteiger partial charge on any atom is -0.307 e. The van der Waals surface area contributed by atoms with E-state index in [9.17, 15) is 0 Å². The Hall–Kier alpha value is -6.44. The average Bonchev–Trinajstić information content (AvgIpc) is 3.55. The predicted molar refractivity (Wildman–Crippen MR) is 220 cm³/mol. The molecule has 0 radical (unpaired) electrons. The Morgan fingerprint density at radius 1 is 0.412 bits per heavy atom. The predicted octanol–water partition coefficient (Wildman–Crippen LogP) is 14.0. The molecule has 1 aliphatic carbocycles. The molecule has 1 nitrogen and oxygen atoms in total. The van der Waals surface area contributed by atoms with E-state index in [0.29, 0.717) is 0 Å². The monoisotopic (exact) mass is 647 g/mol. The van der Waals surface area contributed by atoms with Crippen molar-refractivity contribution >= 4 is 81.2 Å². The first-order valence-electron chi connectivity index (χ1n) is 18.0. The van der Waals surface area contributed by atoms with Crippen molar-refractivity contribution in [2.75, 3.05) is 0 Å². The van der Waals surface area contributed by atoms with Crippen LogP contribution in [0.3, 0.4) is 0 Å². The first-order chi connectivity index (χ1) is 25.4. The van der Waals surface area contributed by atoms with Gasteiger partial charge >= 0.3 is 0 Å². The Balaban J connectivity index is 1.40. The van der Waals surface area contributed by atoms with Gasteiger partial charge in [0.05, 0.1) is 16.7 Å². The lowest BCUT2D eigenvalue weighted by molar-refractivity contribution is 1.04. The summed E-state index contributed by atoms with van der Waals surface area (Å²) in [4.78, 5) is 0. The standard InChI is InChI=1S/C50H33N/c1-3-17-32(18-4-1)43-31-44-35-22-8-12-26-39(35)50-48(47(44)36-23-9-7-21-34(36)43)42-29-15-16-30-45(42)51(50)49-40-27-13-10-24-37(40)46(33-19-5-2-6-20-33)38-25-11-14-28-41(38)49/h2-3,5-31H,1,4H2. The van der Waals surface area contributed by atoms with E-state index >= 15 is 0 Å². The second kappa shape index (κ2) is 11.0. The number of hydrogen-bond donors (Lipinski definition) is 0. The molecule has 1 heteroatoms. The van der Waals surface area contributed by atoms with E-state index in [4.69, 9.17) is 0 Å². The molecule has 0 aliphatic heterocycles. The summed E-state index contributed by atoms with van der Waals surface area (Å²) in [5.41, 5.74) is 8.87. The molecule has 0 amide bonds. The van der Waals surface area contributed by atoms with Crippen LogP contribution >= 0.6 is 0 Å². The van der Waals surface area contributed by atoms with Crippen LogP contribution in [0.25, 0.3) is 98.1 Å². The topological polar surface area (TPSA) is 4.93 Å². The molecule has 0 spiro atoms. The van der Waals surface area contributed by atoms with E-state index in [1.54, 1.807) is 0 Å². The zero-order chi connectivity index (χ0) is 33.5. The van der Waals surface area contributed by atoms with Gasteiger partial charge in [0, 0.05) is 32.3 Å². The molecular formula is C50H33N. The Kier molecular flexibility index (Phi) is 6.15. The maximum Gasteiger partial charge on any atom is 0.0626 e. The van der Waals surface area contributed by atoms with Crippen LogP contribution in [0.4, 0.5) is 0 Å². The summed E-state index contributed by atoms with van der Waals surface area (Å²) in [5, 5.41) is 15.4. The molecule has 9 aromatic carbocycles. The van der Waals surface area contributed by atoms with Crippen LogP contribution in [-0.4, -0.2) is 4.57 Å². The first-order valence-corrected chi connectivity index (χ1v) is 18.0. The zero-order valence-corrected chi connectivity index (χ0v) is 28.1. The summed E-state index contributed by atoms with van der Waals surface area (Å²) >= 11 is 0. The molecular weight excluding hydrogens is 615 g/mol. The first kappa shape index (κ1) is 28.4. The normalized spacial score (nSPS) is 13.4. The van der Waals surface area contributed by atoms with Crippen LogP contribution in [0.5, 0.6) is 0 Å². The van der Waals surface area contributed by atoms with Crippen LogP contribution in [0.2, 0.25) is 0 Å². The van der Waals surface area contributed by atoms with Crippen LogP contribution in [0.1, 0.15) is 18.4 Å². The molecule has 0 N–H and O–H groups in total.